The highest BCUT2D eigenvalue weighted by Gasteiger charge is 2.24. The number of halogens is 1. The van der Waals surface area contributed by atoms with Gasteiger partial charge in [0.1, 0.15) is 0 Å². The predicted octanol–water partition coefficient (Wildman–Crippen LogP) is 2.40. The van der Waals surface area contributed by atoms with E-state index in [1.807, 2.05) is 0 Å². The number of ketones is 1. The molecule has 1 aliphatic rings. The van der Waals surface area contributed by atoms with Gasteiger partial charge in [0.05, 0.1) is 24.3 Å². The molecular weight excluding hydrogens is 272 g/mol. The highest BCUT2D eigenvalue weighted by atomic mass is 35.5. The number of carbonyl (C=O) groups is 2. The number of aliphatic carboxylic acids is 1. The minimum atomic E-state index is -1.56. The Labute approximate surface area is 115 Å². The number of hydrogen-bond acceptors (Lipinski definition) is 4. The summed E-state index contributed by atoms with van der Waals surface area (Å²) in [5.74, 6) is -1.35. The van der Waals surface area contributed by atoms with Gasteiger partial charge < -0.3 is 14.6 Å². The van der Waals surface area contributed by atoms with E-state index in [4.69, 9.17) is 26.2 Å². The second-order valence-corrected chi connectivity index (χ2v) is 4.78. The molecule has 102 valence electrons. The molecule has 0 atom stereocenters. The van der Waals surface area contributed by atoms with Gasteiger partial charge in [0.15, 0.2) is 11.5 Å². The van der Waals surface area contributed by atoms with Crippen molar-refractivity contribution in [3.63, 3.8) is 0 Å². The number of ether oxygens (including phenoxy) is 2. The van der Waals surface area contributed by atoms with E-state index in [0.717, 1.165) is 12.8 Å². The van der Waals surface area contributed by atoms with Crippen LogP contribution in [0.1, 0.15) is 23.2 Å². The third-order valence-electron chi connectivity index (χ3n) is 2.86. The smallest absolute Gasteiger partial charge is 0.377 e. The lowest BCUT2D eigenvalue weighted by molar-refractivity contribution is -0.131. The number of rotatable bonds is 6. The molecule has 19 heavy (non-hydrogen) atoms. The molecule has 6 heteroatoms. The maximum atomic E-state index is 11.4. The number of Topliss-reactive ketones (excluding diaryl/α,β-unsaturated/α-hetero) is 1. The van der Waals surface area contributed by atoms with E-state index in [-0.39, 0.29) is 10.6 Å². The average Bonchev–Trinajstić information content (AvgIpc) is 3.19. The van der Waals surface area contributed by atoms with Gasteiger partial charge in [0.25, 0.3) is 5.78 Å². The van der Waals surface area contributed by atoms with Crippen molar-refractivity contribution in [1.82, 2.24) is 0 Å². The molecule has 0 radical (unpaired) electrons. The molecule has 1 aliphatic carbocycles. The van der Waals surface area contributed by atoms with E-state index in [9.17, 15) is 9.59 Å². The molecule has 0 unspecified atom stereocenters. The van der Waals surface area contributed by atoms with Gasteiger partial charge in [0.2, 0.25) is 0 Å². The van der Waals surface area contributed by atoms with Crippen molar-refractivity contribution in [2.24, 2.45) is 5.92 Å². The van der Waals surface area contributed by atoms with E-state index in [1.165, 1.54) is 19.2 Å². The third-order valence-corrected chi connectivity index (χ3v) is 3.18. The van der Waals surface area contributed by atoms with E-state index in [1.54, 1.807) is 0 Å². The number of carboxylic acid groups (broad SMARTS) is 1. The molecule has 1 aromatic rings. The van der Waals surface area contributed by atoms with Crippen LogP contribution in [-0.4, -0.2) is 30.6 Å². The monoisotopic (exact) mass is 284 g/mol. The van der Waals surface area contributed by atoms with E-state index < -0.39 is 11.8 Å². The van der Waals surface area contributed by atoms with Crippen LogP contribution in [-0.2, 0) is 4.79 Å². The van der Waals surface area contributed by atoms with Crippen LogP contribution in [0.3, 0.4) is 0 Å². The van der Waals surface area contributed by atoms with E-state index in [0.29, 0.717) is 24.0 Å². The van der Waals surface area contributed by atoms with Gasteiger partial charge in [-0.25, -0.2) is 4.79 Å². The molecular formula is C13H13ClO5. The molecule has 1 N–H and O–H groups in total. The van der Waals surface area contributed by atoms with Gasteiger partial charge in [-0.1, -0.05) is 11.6 Å². The Hall–Kier alpha value is -1.75. The fourth-order valence-corrected chi connectivity index (χ4v) is 1.83. The highest BCUT2D eigenvalue weighted by Crippen LogP contribution is 2.36. The van der Waals surface area contributed by atoms with Crippen molar-refractivity contribution in [3.8, 4) is 11.5 Å². The maximum Gasteiger partial charge on any atom is 0.377 e. The average molecular weight is 285 g/mol. The molecule has 0 aliphatic heterocycles. The summed E-state index contributed by atoms with van der Waals surface area (Å²) >= 11 is 5.91. The number of hydrogen-bond donors (Lipinski definition) is 1. The number of carbonyl (C=O) groups excluding carboxylic acids is 1. The Morgan fingerprint density at radius 2 is 2.05 bits per heavy atom. The fourth-order valence-electron chi connectivity index (χ4n) is 1.59. The van der Waals surface area contributed by atoms with Crippen LogP contribution in [0, 0.1) is 5.92 Å². The topological polar surface area (TPSA) is 72.8 Å². The lowest BCUT2D eigenvalue weighted by Gasteiger charge is -2.12. The lowest BCUT2D eigenvalue weighted by Crippen LogP contribution is -2.13. The highest BCUT2D eigenvalue weighted by molar-refractivity contribution is 6.45. The standard InChI is InChI=1S/C13H13ClO5/c1-18-10-4-8(12(15)13(16)17)9(14)5-11(10)19-6-7-2-3-7/h4-5,7H,2-3,6H2,1H3,(H,16,17). The summed E-state index contributed by atoms with van der Waals surface area (Å²) in [6.07, 6.45) is 2.29. The van der Waals surface area contributed by atoms with Crippen LogP contribution in [0.15, 0.2) is 12.1 Å². The third kappa shape index (κ3) is 3.17. The molecule has 1 aromatic carbocycles. The molecule has 2 rings (SSSR count). The predicted molar refractivity (Wildman–Crippen MR) is 68.2 cm³/mol. The Morgan fingerprint density at radius 1 is 1.37 bits per heavy atom. The largest absolute Gasteiger partial charge is 0.493 e. The summed E-state index contributed by atoms with van der Waals surface area (Å²) < 4.78 is 10.7. The Morgan fingerprint density at radius 3 is 2.58 bits per heavy atom. The van der Waals surface area contributed by atoms with Gasteiger partial charge >= 0.3 is 5.97 Å². The molecule has 0 bridgehead atoms. The molecule has 0 heterocycles. The fraction of sp³-hybridized carbons (Fsp3) is 0.385. The van der Waals surface area contributed by atoms with Crippen LogP contribution in [0.2, 0.25) is 5.02 Å². The van der Waals surface area contributed by atoms with E-state index >= 15 is 0 Å². The summed E-state index contributed by atoms with van der Waals surface area (Å²) in [5.41, 5.74) is -0.107. The van der Waals surface area contributed by atoms with Gasteiger partial charge in [-0.15, -0.1) is 0 Å². The van der Waals surface area contributed by atoms with E-state index in [2.05, 4.69) is 0 Å². The summed E-state index contributed by atoms with van der Waals surface area (Å²) in [4.78, 5) is 22.1. The molecule has 1 saturated carbocycles. The SMILES string of the molecule is COc1cc(C(=O)C(=O)O)c(Cl)cc1OCC1CC1. The summed E-state index contributed by atoms with van der Waals surface area (Å²) in [5, 5.41) is 8.74. The van der Waals surface area contributed by atoms with Crippen LogP contribution in [0.25, 0.3) is 0 Å². The summed E-state index contributed by atoms with van der Waals surface area (Å²) in [6.45, 7) is 0.568. The molecule has 5 nitrogen and oxygen atoms in total. The second-order valence-electron chi connectivity index (χ2n) is 4.37. The zero-order chi connectivity index (χ0) is 14.0. The normalized spacial score (nSPS) is 14.0. The van der Waals surface area contributed by atoms with Crippen molar-refractivity contribution in [2.45, 2.75) is 12.8 Å². The van der Waals surface area contributed by atoms with Crippen molar-refractivity contribution < 1.29 is 24.2 Å². The van der Waals surface area contributed by atoms with Crippen molar-refractivity contribution in [2.75, 3.05) is 13.7 Å². The number of carboxylic acids is 1. The molecule has 0 amide bonds. The molecule has 0 spiro atoms. The van der Waals surface area contributed by atoms with Crippen LogP contribution < -0.4 is 9.47 Å². The quantitative estimate of drug-likeness (QED) is 0.641. The Kier molecular flexibility index (Phi) is 3.95. The Bertz CT molecular complexity index is 522. The van der Waals surface area contributed by atoms with Gasteiger partial charge in [-0.2, -0.15) is 0 Å². The first kappa shape index (κ1) is 13.7. The first-order chi connectivity index (χ1) is 9.02. The minimum Gasteiger partial charge on any atom is -0.493 e. The van der Waals surface area contributed by atoms with Gasteiger partial charge in [0, 0.05) is 6.07 Å². The number of benzene rings is 1. The first-order valence-electron chi connectivity index (χ1n) is 5.81. The zero-order valence-electron chi connectivity index (χ0n) is 10.3. The second kappa shape index (κ2) is 5.48. The molecule has 0 aromatic heterocycles. The molecule has 0 saturated heterocycles. The van der Waals surface area contributed by atoms with Gasteiger partial charge in [-0.3, -0.25) is 4.79 Å². The van der Waals surface area contributed by atoms with Crippen molar-refractivity contribution >= 4 is 23.4 Å². The minimum absolute atomic E-state index is 0.0407. The van der Waals surface area contributed by atoms with Gasteiger partial charge in [-0.05, 0) is 24.8 Å². The maximum absolute atomic E-state index is 11.4. The molecule has 1 fully saturated rings. The zero-order valence-corrected chi connectivity index (χ0v) is 11.1. The Balaban J connectivity index is 2.27. The van der Waals surface area contributed by atoms with Crippen molar-refractivity contribution in [3.05, 3.63) is 22.7 Å². The lowest BCUT2D eigenvalue weighted by atomic mass is 10.1. The first-order valence-corrected chi connectivity index (χ1v) is 6.18. The number of methoxy groups -OCH3 is 1. The summed E-state index contributed by atoms with van der Waals surface area (Å²) in [6, 6.07) is 2.71. The van der Waals surface area contributed by atoms with Crippen LogP contribution >= 0.6 is 11.6 Å². The van der Waals surface area contributed by atoms with Crippen molar-refractivity contribution in [1.29, 1.82) is 0 Å². The van der Waals surface area contributed by atoms with Crippen LogP contribution in [0.5, 0.6) is 11.5 Å². The van der Waals surface area contributed by atoms with Crippen LogP contribution in [0.4, 0.5) is 0 Å². The summed E-state index contributed by atoms with van der Waals surface area (Å²) in [7, 11) is 1.42.